The number of carbonyl (C=O) groups excluding carboxylic acids is 2. The number of hydrogen-bond donors (Lipinski definition) is 1. The molecule has 0 saturated heterocycles. The number of hydrogen-bond acceptors (Lipinski definition) is 5. The standard InChI is InChI=1S/C9H10O5S/c1-13-8(11)7(9(12)14-2)15-5-3-4-6(15)10/h3-5,10H,1-2H3. The van der Waals surface area contributed by atoms with Gasteiger partial charge in [-0.2, -0.15) is 0 Å². The maximum Gasteiger partial charge on any atom is 0.351 e. The Balaban J connectivity index is 3.22. The third-order valence-corrected chi connectivity index (χ3v) is 3.43. The van der Waals surface area contributed by atoms with Crippen LogP contribution in [0.1, 0.15) is 0 Å². The summed E-state index contributed by atoms with van der Waals surface area (Å²) < 4.78 is 8.91. The van der Waals surface area contributed by atoms with Gasteiger partial charge >= 0.3 is 11.9 Å². The number of allylic oxidation sites excluding steroid dienone is 2. The molecule has 82 valence electrons. The van der Waals surface area contributed by atoms with Crippen LogP contribution in [-0.2, 0) is 19.1 Å². The first-order valence-corrected chi connectivity index (χ1v) is 5.24. The summed E-state index contributed by atoms with van der Waals surface area (Å²) in [5.74, 6) is -1.59. The van der Waals surface area contributed by atoms with Gasteiger partial charge in [-0.1, -0.05) is 16.6 Å². The Morgan fingerprint density at radius 2 is 1.80 bits per heavy atom. The van der Waals surface area contributed by atoms with Crippen molar-refractivity contribution in [3.05, 3.63) is 22.7 Å². The molecule has 5 nitrogen and oxygen atoms in total. The van der Waals surface area contributed by atoms with Gasteiger partial charge < -0.3 is 14.6 Å². The second kappa shape index (κ2) is 4.79. The molecule has 15 heavy (non-hydrogen) atoms. The van der Waals surface area contributed by atoms with Crippen LogP contribution in [0.4, 0.5) is 0 Å². The Labute approximate surface area is 88.9 Å². The largest absolute Gasteiger partial charge is 0.502 e. The number of esters is 2. The van der Waals surface area contributed by atoms with Crippen LogP contribution in [-0.4, -0.2) is 36.1 Å². The zero-order valence-electron chi connectivity index (χ0n) is 8.22. The van der Waals surface area contributed by atoms with Crippen LogP contribution >= 0.6 is 10.5 Å². The average Bonchev–Trinajstić information content (AvgIpc) is 2.64. The maximum atomic E-state index is 11.3. The van der Waals surface area contributed by atoms with E-state index in [4.69, 9.17) is 0 Å². The molecule has 0 saturated carbocycles. The number of aliphatic hydroxyl groups is 1. The summed E-state index contributed by atoms with van der Waals surface area (Å²) >= 11 is 0. The molecule has 0 radical (unpaired) electrons. The summed E-state index contributed by atoms with van der Waals surface area (Å²) in [4.78, 5) is 22.4. The lowest BCUT2D eigenvalue weighted by Gasteiger charge is -2.07. The molecule has 0 amide bonds. The molecule has 0 aromatic rings. The minimum atomic E-state index is -1.07. The van der Waals surface area contributed by atoms with E-state index in [2.05, 4.69) is 9.47 Å². The summed E-state index contributed by atoms with van der Waals surface area (Å²) in [7, 11) is 1.26. The first-order chi connectivity index (χ1) is 7.11. The molecule has 0 fully saturated rings. The van der Waals surface area contributed by atoms with Crippen molar-refractivity contribution in [2.75, 3.05) is 14.2 Å². The third kappa shape index (κ3) is 2.27. The highest BCUT2D eigenvalue weighted by Crippen LogP contribution is 2.31. The normalized spacial score (nSPS) is 18.3. The summed E-state index contributed by atoms with van der Waals surface area (Å²) in [6.45, 7) is 0. The van der Waals surface area contributed by atoms with Gasteiger partial charge in [0.1, 0.15) is 5.09 Å². The van der Waals surface area contributed by atoms with Gasteiger partial charge in [0.15, 0.2) is 4.86 Å². The lowest BCUT2D eigenvalue weighted by Crippen LogP contribution is -2.26. The minimum absolute atomic E-state index is 0.0548. The van der Waals surface area contributed by atoms with Gasteiger partial charge in [0.05, 0.1) is 14.2 Å². The van der Waals surface area contributed by atoms with Gasteiger partial charge in [0.2, 0.25) is 0 Å². The predicted molar refractivity (Wildman–Crippen MR) is 56.5 cm³/mol. The van der Waals surface area contributed by atoms with E-state index in [9.17, 15) is 14.7 Å². The molecule has 0 aromatic heterocycles. The molecule has 1 heterocycles. The number of rotatable bonds is 2. The van der Waals surface area contributed by atoms with E-state index in [1.165, 1.54) is 6.08 Å². The number of aliphatic hydroxyl groups excluding tert-OH is 1. The highest BCUT2D eigenvalue weighted by molar-refractivity contribution is 8.23. The van der Waals surface area contributed by atoms with Crippen molar-refractivity contribution in [2.24, 2.45) is 0 Å². The van der Waals surface area contributed by atoms with Crippen molar-refractivity contribution >= 4 is 27.3 Å². The van der Waals surface area contributed by atoms with Crippen LogP contribution in [0.15, 0.2) is 22.7 Å². The zero-order valence-corrected chi connectivity index (χ0v) is 9.04. The Hall–Kier alpha value is -1.56. The Morgan fingerprint density at radius 1 is 1.27 bits per heavy atom. The van der Waals surface area contributed by atoms with E-state index in [1.807, 2.05) is 0 Å². The quantitative estimate of drug-likeness (QED) is 0.429. The average molecular weight is 230 g/mol. The molecular weight excluding hydrogens is 220 g/mol. The van der Waals surface area contributed by atoms with Crippen molar-refractivity contribution in [3.8, 4) is 0 Å². The molecule has 0 bridgehead atoms. The second-order valence-electron chi connectivity index (χ2n) is 2.48. The predicted octanol–water partition coefficient (Wildman–Crippen LogP) is 0.700. The van der Waals surface area contributed by atoms with Crippen LogP contribution in [0.5, 0.6) is 0 Å². The first-order valence-electron chi connectivity index (χ1n) is 3.96. The van der Waals surface area contributed by atoms with E-state index in [1.54, 1.807) is 11.5 Å². The van der Waals surface area contributed by atoms with Crippen molar-refractivity contribution in [2.45, 2.75) is 0 Å². The molecule has 6 heteroatoms. The van der Waals surface area contributed by atoms with Crippen LogP contribution in [0.3, 0.4) is 0 Å². The summed E-state index contributed by atoms with van der Waals surface area (Å²) in [5, 5.41) is 10.9. The monoisotopic (exact) mass is 230 g/mol. The maximum absolute atomic E-state index is 11.3. The molecule has 1 atom stereocenters. The molecule has 1 rings (SSSR count). The van der Waals surface area contributed by atoms with Gasteiger partial charge in [0.25, 0.3) is 0 Å². The summed E-state index contributed by atoms with van der Waals surface area (Å²) in [6.07, 6.45) is 2.97. The summed E-state index contributed by atoms with van der Waals surface area (Å²) in [5.41, 5.74) is 0. The van der Waals surface area contributed by atoms with E-state index in [0.717, 1.165) is 14.2 Å². The molecule has 1 aliphatic heterocycles. The van der Waals surface area contributed by atoms with Crippen molar-refractivity contribution in [1.29, 1.82) is 0 Å². The molecule has 1 N–H and O–H groups in total. The summed E-state index contributed by atoms with van der Waals surface area (Å²) in [6, 6.07) is 0. The van der Waals surface area contributed by atoms with Gasteiger partial charge in [-0.05, 0) is 11.5 Å². The van der Waals surface area contributed by atoms with Crippen molar-refractivity contribution in [3.63, 3.8) is 0 Å². The Bertz CT molecular complexity index is 373. The highest BCUT2D eigenvalue weighted by atomic mass is 32.2. The number of carbonyl (C=O) groups is 2. The van der Waals surface area contributed by atoms with Gasteiger partial charge in [-0.3, -0.25) is 0 Å². The van der Waals surface area contributed by atoms with Crippen LogP contribution in [0, 0.1) is 0 Å². The lowest BCUT2D eigenvalue weighted by molar-refractivity contribution is -0.137. The molecular formula is C9H10O5S. The Morgan fingerprint density at radius 3 is 2.13 bits per heavy atom. The topological polar surface area (TPSA) is 72.8 Å². The van der Waals surface area contributed by atoms with E-state index in [0.29, 0.717) is 0 Å². The lowest BCUT2D eigenvalue weighted by atomic mass is 10.4. The van der Waals surface area contributed by atoms with Crippen LogP contribution in [0.25, 0.3) is 0 Å². The smallest absolute Gasteiger partial charge is 0.351 e. The SMILES string of the molecule is COC(=O)C(C(=O)OC)=S1C=CC=C1O. The number of ether oxygens (including phenoxy) is 2. The van der Waals surface area contributed by atoms with Crippen LogP contribution < -0.4 is 0 Å². The molecule has 1 aliphatic rings. The molecule has 0 spiro atoms. The van der Waals surface area contributed by atoms with Crippen molar-refractivity contribution in [1.82, 2.24) is 0 Å². The fourth-order valence-electron chi connectivity index (χ4n) is 0.964. The number of methoxy groups -OCH3 is 2. The van der Waals surface area contributed by atoms with Crippen molar-refractivity contribution < 1.29 is 24.2 Å². The Kier molecular flexibility index (Phi) is 3.68. The van der Waals surface area contributed by atoms with E-state index in [-0.39, 0.29) is 9.96 Å². The second-order valence-corrected chi connectivity index (χ2v) is 4.26. The third-order valence-electron chi connectivity index (χ3n) is 1.64. The minimum Gasteiger partial charge on any atom is -0.502 e. The van der Waals surface area contributed by atoms with E-state index >= 15 is 0 Å². The van der Waals surface area contributed by atoms with Gasteiger partial charge in [0, 0.05) is 0 Å². The van der Waals surface area contributed by atoms with E-state index < -0.39 is 22.4 Å². The zero-order chi connectivity index (χ0) is 11.4. The highest BCUT2D eigenvalue weighted by Gasteiger charge is 2.26. The van der Waals surface area contributed by atoms with Crippen LogP contribution in [0.2, 0.25) is 0 Å². The molecule has 1 unspecified atom stereocenters. The fraction of sp³-hybridized carbons (Fsp3) is 0.222. The van der Waals surface area contributed by atoms with Gasteiger partial charge in [-0.15, -0.1) is 0 Å². The van der Waals surface area contributed by atoms with Gasteiger partial charge in [-0.25, -0.2) is 9.59 Å². The fourth-order valence-corrected chi connectivity index (χ4v) is 2.44. The molecule has 0 aromatic carbocycles. The molecule has 0 aliphatic carbocycles. The first kappa shape index (κ1) is 11.5.